The van der Waals surface area contributed by atoms with E-state index >= 15 is 0 Å². The third-order valence-corrected chi connectivity index (χ3v) is 5.25. The highest BCUT2D eigenvalue weighted by Gasteiger charge is 2.24. The molecule has 1 heterocycles. The molecule has 172 valence electrons. The van der Waals surface area contributed by atoms with Gasteiger partial charge in [0.15, 0.2) is 6.61 Å². The lowest BCUT2D eigenvalue weighted by Crippen LogP contribution is -2.45. The normalized spacial score (nSPS) is 14.7. The Kier molecular flexibility index (Phi) is 8.71. The molecule has 0 aliphatic carbocycles. The molecule has 1 aliphatic rings. The highest BCUT2D eigenvalue weighted by atomic mass is 16.6. The topological polar surface area (TPSA) is 97.0 Å². The highest BCUT2D eigenvalue weighted by molar-refractivity contribution is 5.82. The van der Waals surface area contributed by atoms with Crippen molar-refractivity contribution in [3.63, 3.8) is 0 Å². The van der Waals surface area contributed by atoms with Crippen molar-refractivity contribution < 1.29 is 23.9 Å². The number of amides is 3. The largest absolute Gasteiger partial charge is 0.483 e. The van der Waals surface area contributed by atoms with Crippen LogP contribution in [0.3, 0.4) is 0 Å². The van der Waals surface area contributed by atoms with Crippen LogP contribution in [0.2, 0.25) is 0 Å². The number of nitrogens with zero attached hydrogens (tertiary/aromatic N) is 1. The minimum absolute atomic E-state index is 0.0232. The summed E-state index contributed by atoms with van der Waals surface area (Å²) < 4.78 is 10.8. The molecule has 1 aliphatic heterocycles. The van der Waals surface area contributed by atoms with Crippen LogP contribution < -0.4 is 15.4 Å². The fraction of sp³-hybridized carbons (Fsp3) is 0.609. The van der Waals surface area contributed by atoms with E-state index in [2.05, 4.69) is 10.6 Å². The van der Waals surface area contributed by atoms with Gasteiger partial charge in [0.05, 0.1) is 6.54 Å². The lowest BCUT2D eigenvalue weighted by atomic mass is 9.97. The van der Waals surface area contributed by atoms with Gasteiger partial charge < -0.3 is 25.0 Å². The second-order valence-electron chi connectivity index (χ2n) is 8.97. The number of likely N-dealkylation sites (tertiary alicyclic amines) is 1. The molecule has 0 unspecified atom stereocenters. The van der Waals surface area contributed by atoms with Gasteiger partial charge in [0.1, 0.15) is 11.4 Å². The summed E-state index contributed by atoms with van der Waals surface area (Å²) in [5, 5.41) is 5.28. The molecule has 2 N–H and O–H groups in total. The van der Waals surface area contributed by atoms with Crippen molar-refractivity contribution in [2.24, 2.45) is 5.92 Å². The Morgan fingerprint density at radius 3 is 2.42 bits per heavy atom. The summed E-state index contributed by atoms with van der Waals surface area (Å²) in [5.74, 6) is 0.761. The van der Waals surface area contributed by atoms with Gasteiger partial charge in [-0.25, -0.2) is 4.79 Å². The van der Waals surface area contributed by atoms with Crippen LogP contribution in [0.15, 0.2) is 18.2 Å². The molecular formula is C23H35N3O5. The molecule has 8 heteroatoms. The van der Waals surface area contributed by atoms with Gasteiger partial charge in [-0.05, 0) is 70.6 Å². The average Bonchev–Trinajstić information content (AvgIpc) is 2.70. The number of piperidine rings is 1. The molecule has 0 saturated carbocycles. The number of carbonyl (C=O) groups excluding carboxylic acids is 3. The SMILES string of the molecule is Cc1cccc(OCC(=O)N2CCC(CNC(=O)CNC(=O)OC(C)(C)C)CC2)c1C. The molecule has 0 spiro atoms. The Balaban J connectivity index is 1.64. The summed E-state index contributed by atoms with van der Waals surface area (Å²) in [4.78, 5) is 37.8. The van der Waals surface area contributed by atoms with Crippen molar-refractivity contribution in [1.29, 1.82) is 0 Å². The van der Waals surface area contributed by atoms with E-state index in [9.17, 15) is 14.4 Å². The van der Waals surface area contributed by atoms with Gasteiger partial charge in [-0.15, -0.1) is 0 Å². The number of aryl methyl sites for hydroxylation is 1. The quantitative estimate of drug-likeness (QED) is 0.689. The predicted octanol–water partition coefficient (Wildman–Crippen LogP) is 2.56. The summed E-state index contributed by atoms with van der Waals surface area (Å²) >= 11 is 0. The first kappa shape index (κ1) is 24.5. The van der Waals surface area contributed by atoms with Gasteiger partial charge >= 0.3 is 6.09 Å². The molecule has 0 bridgehead atoms. The van der Waals surface area contributed by atoms with Crippen LogP contribution in [0.5, 0.6) is 5.75 Å². The summed E-state index contributed by atoms with van der Waals surface area (Å²) in [6.07, 6.45) is 1.02. The predicted molar refractivity (Wildman–Crippen MR) is 118 cm³/mol. The number of carbonyl (C=O) groups is 3. The summed E-state index contributed by atoms with van der Waals surface area (Å²) in [6, 6.07) is 5.81. The van der Waals surface area contributed by atoms with Crippen molar-refractivity contribution >= 4 is 17.9 Å². The van der Waals surface area contributed by atoms with Gasteiger partial charge in [0, 0.05) is 19.6 Å². The lowest BCUT2D eigenvalue weighted by molar-refractivity contribution is -0.135. The van der Waals surface area contributed by atoms with Gasteiger partial charge in [0.25, 0.3) is 5.91 Å². The number of benzene rings is 1. The number of ether oxygens (including phenoxy) is 2. The second-order valence-corrected chi connectivity index (χ2v) is 8.97. The van der Waals surface area contributed by atoms with E-state index in [4.69, 9.17) is 9.47 Å². The van der Waals surface area contributed by atoms with Crippen molar-refractivity contribution in [3.05, 3.63) is 29.3 Å². The molecule has 0 radical (unpaired) electrons. The van der Waals surface area contributed by atoms with Crippen molar-refractivity contribution in [2.75, 3.05) is 32.8 Å². The zero-order valence-electron chi connectivity index (χ0n) is 19.2. The van der Waals surface area contributed by atoms with Crippen LogP contribution in [-0.2, 0) is 14.3 Å². The van der Waals surface area contributed by atoms with E-state index < -0.39 is 11.7 Å². The maximum Gasteiger partial charge on any atom is 0.408 e. The zero-order chi connectivity index (χ0) is 23.0. The monoisotopic (exact) mass is 433 g/mol. The van der Waals surface area contributed by atoms with E-state index in [1.807, 2.05) is 36.9 Å². The van der Waals surface area contributed by atoms with Crippen LogP contribution in [0.4, 0.5) is 4.79 Å². The van der Waals surface area contributed by atoms with E-state index in [1.165, 1.54) is 0 Å². The fourth-order valence-corrected chi connectivity index (χ4v) is 3.29. The third-order valence-electron chi connectivity index (χ3n) is 5.25. The van der Waals surface area contributed by atoms with E-state index in [0.717, 1.165) is 29.7 Å². The van der Waals surface area contributed by atoms with Gasteiger partial charge in [-0.2, -0.15) is 0 Å². The third kappa shape index (κ3) is 8.47. The molecule has 8 nitrogen and oxygen atoms in total. The van der Waals surface area contributed by atoms with E-state index in [1.54, 1.807) is 20.8 Å². The van der Waals surface area contributed by atoms with Crippen LogP contribution >= 0.6 is 0 Å². The first-order valence-corrected chi connectivity index (χ1v) is 10.8. The van der Waals surface area contributed by atoms with E-state index in [-0.39, 0.29) is 25.0 Å². The summed E-state index contributed by atoms with van der Waals surface area (Å²) in [7, 11) is 0. The Morgan fingerprint density at radius 2 is 1.77 bits per heavy atom. The van der Waals surface area contributed by atoms with Gasteiger partial charge in [0.2, 0.25) is 5.91 Å². The number of rotatable bonds is 7. The van der Waals surface area contributed by atoms with Gasteiger partial charge in [-0.3, -0.25) is 9.59 Å². The molecule has 1 saturated heterocycles. The van der Waals surface area contributed by atoms with Gasteiger partial charge in [-0.1, -0.05) is 12.1 Å². The molecular weight excluding hydrogens is 398 g/mol. The smallest absolute Gasteiger partial charge is 0.408 e. The molecule has 1 fully saturated rings. The Morgan fingerprint density at radius 1 is 1.10 bits per heavy atom. The van der Waals surface area contributed by atoms with Crippen LogP contribution in [-0.4, -0.2) is 61.2 Å². The maximum absolute atomic E-state index is 12.5. The number of hydrogen-bond acceptors (Lipinski definition) is 5. The Labute approximate surface area is 184 Å². The average molecular weight is 434 g/mol. The second kappa shape index (κ2) is 11.0. The van der Waals surface area contributed by atoms with Crippen LogP contribution in [0.25, 0.3) is 0 Å². The van der Waals surface area contributed by atoms with Crippen molar-refractivity contribution in [1.82, 2.24) is 15.5 Å². The minimum atomic E-state index is -0.613. The molecule has 0 aromatic heterocycles. The Bertz CT molecular complexity index is 780. The highest BCUT2D eigenvalue weighted by Crippen LogP contribution is 2.21. The fourth-order valence-electron chi connectivity index (χ4n) is 3.29. The molecule has 1 aromatic rings. The number of nitrogens with one attached hydrogen (secondary N) is 2. The first-order chi connectivity index (χ1) is 14.5. The van der Waals surface area contributed by atoms with Crippen molar-refractivity contribution in [3.8, 4) is 5.75 Å². The zero-order valence-corrected chi connectivity index (χ0v) is 19.2. The molecule has 1 aromatic carbocycles. The molecule has 0 atom stereocenters. The standard InChI is InChI=1S/C23H35N3O5/c1-16-7-6-8-19(17(16)2)30-15-21(28)26-11-9-18(10-12-26)13-24-20(27)14-25-22(29)31-23(3,4)5/h6-8,18H,9-15H2,1-5H3,(H,24,27)(H,25,29). The summed E-state index contributed by atoms with van der Waals surface area (Å²) in [5.41, 5.74) is 1.58. The molecule has 2 rings (SSSR count). The van der Waals surface area contributed by atoms with Crippen LogP contribution in [0.1, 0.15) is 44.7 Å². The maximum atomic E-state index is 12.5. The molecule has 3 amide bonds. The number of alkyl carbamates (subject to hydrolysis) is 1. The van der Waals surface area contributed by atoms with E-state index in [0.29, 0.717) is 25.6 Å². The Hall–Kier alpha value is -2.77. The molecule has 31 heavy (non-hydrogen) atoms. The lowest BCUT2D eigenvalue weighted by Gasteiger charge is -2.32. The minimum Gasteiger partial charge on any atom is -0.483 e. The first-order valence-electron chi connectivity index (χ1n) is 10.8. The summed E-state index contributed by atoms with van der Waals surface area (Å²) in [6.45, 7) is 11.0. The van der Waals surface area contributed by atoms with Crippen molar-refractivity contribution in [2.45, 2.75) is 53.1 Å². The number of hydrogen-bond donors (Lipinski definition) is 2. The van der Waals surface area contributed by atoms with Crippen LogP contribution in [0, 0.1) is 19.8 Å².